The molecule has 94 valence electrons. The zero-order valence-corrected chi connectivity index (χ0v) is 10.4. The van der Waals surface area contributed by atoms with Gasteiger partial charge in [0.2, 0.25) is 5.91 Å². The first kappa shape index (κ1) is 13.5. The first-order valence-electron chi connectivity index (χ1n) is 6.54. The quantitative estimate of drug-likeness (QED) is 0.675. The van der Waals surface area contributed by atoms with Crippen LogP contribution in [0.25, 0.3) is 0 Å². The highest BCUT2D eigenvalue weighted by atomic mass is 16.2. The van der Waals surface area contributed by atoms with Crippen molar-refractivity contribution in [3.8, 4) is 0 Å². The molecular weight excluding hydrogens is 202 g/mol. The summed E-state index contributed by atoms with van der Waals surface area (Å²) in [6.07, 6.45) is 7.70. The lowest BCUT2D eigenvalue weighted by Gasteiger charge is -2.31. The summed E-state index contributed by atoms with van der Waals surface area (Å²) >= 11 is 0. The minimum absolute atomic E-state index is 0.134. The van der Waals surface area contributed by atoms with Gasteiger partial charge in [-0.05, 0) is 19.3 Å². The number of nitrogens with two attached hydrogens (primary N) is 1. The van der Waals surface area contributed by atoms with Gasteiger partial charge in [0.25, 0.3) is 0 Å². The van der Waals surface area contributed by atoms with Crippen molar-refractivity contribution in [2.75, 3.05) is 13.1 Å². The van der Waals surface area contributed by atoms with Gasteiger partial charge in [0.1, 0.15) is 0 Å². The predicted octanol–water partition coefficient (Wildman–Crippen LogP) is 1.41. The third kappa shape index (κ3) is 4.49. The van der Waals surface area contributed by atoms with Gasteiger partial charge in [0.05, 0.1) is 0 Å². The monoisotopic (exact) mass is 227 g/mol. The predicted molar refractivity (Wildman–Crippen MR) is 65.7 cm³/mol. The summed E-state index contributed by atoms with van der Waals surface area (Å²) in [6.45, 7) is 3.31. The Bertz CT molecular complexity index is 202. The van der Waals surface area contributed by atoms with E-state index in [0.29, 0.717) is 19.0 Å². The molecule has 1 aliphatic rings. The van der Waals surface area contributed by atoms with Crippen molar-refractivity contribution in [3.05, 3.63) is 0 Å². The lowest BCUT2D eigenvalue weighted by Crippen LogP contribution is -2.49. The van der Waals surface area contributed by atoms with Crippen LogP contribution >= 0.6 is 0 Å². The van der Waals surface area contributed by atoms with E-state index in [1.54, 1.807) is 5.01 Å². The molecule has 0 aromatic rings. The van der Waals surface area contributed by atoms with E-state index in [1.807, 2.05) is 0 Å². The fraction of sp³-hybridized carbons (Fsp3) is 0.917. The molecule has 0 aromatic carbocycles. The van der Waals surface area contributed by atoms with Crippen LogP contribution in [-0.2, 0) is 4.79 Å². The number of nitrogens with zero attached hydrogens (tertiary/aromatic N) is 1. The molecule has 1 saturated carbocycles. The Morgan fingerprint density at radius 3 is 2.62 bits per heavy atom. The van der Waals surface area contributed by atoms with Crippen LogP contribution < -0.4 is 11.2 Å². The minimum atomic E-state index is 0.134. The molecular formula is C12H25N3O. The molecule has 0 aliphatic heterocycles. The fourth-order valence-electron chi connectivity index (χ4n) is 2.20. The highest BCUT2D eigenvalue weighted by Crippen LogP contribution is 2.17. The Labute approximate surface area is 98.5 Å². The number of carbonyl (C=O) groups is 1. The van der Waals surface area contributed by atoms with Crippen molar-refractivity contribution < 1.29 is 4.79 Å². The standard InChI is InChI=1S/C12H25N3O/c1-2-10-15(12(16)8-9-13)14-11-6-4-3-5-7-11/h11,14H,2-10,13H2,1H3. The summed E-state index contributed by atoms with van der Waals surface area (Å²) < 4.78 is 0. The average molecular weight is 227 g/mol. The molecule has 16 heavy (non-hydrogen) atoms. The fourth-order valence-corrected chi connectivity index (χ4v) is 2.20. The second-order valence-corrected chi connectivity index (χ2v) is 4.55. The highest BCUT2D eigenvalue weighted by molar-refractivity contribution is 5.75. The van der Waals surface area contributed by atoms with Crippen LogP contribution in [0.1, 0.15) is 51.9 Å². The lowest BCUT2D eigenvalue weighted by molar-refractivity contribution is -0.135. The van der Waals surface area contributed by atoms with Crippen molar-refractivity contribution in [2.45, 2.75) is 57.9 Å². The van der Waals surface area contributed by atoms with Gasteiger partial charge in [-0.1, -0.05) is 26.2 Å². The van der Waals surface area contributed by atoms with Crippen molar-refractivity contribution in [1.29, 1.82) is 0 Å². The maximum atomic E-state index is 11.8. The van der Waals surface area contributed by atoms with Crippen molar-refractivity contribution in [2.24, 2.45) is 5.73 Å². The van der Waals surface area contributed by atoms with Crippen molar-refractivity contribution >= 4 is 5.91 Å². The Morgan fingerprint density at radius 1 is 1.38 bits per heavy atom. The van der Waals surface area contributed by atoms with Gasteiger partial charge in [0.15, 0.2) is 0 Å². The Balaban J connectivity index is 2.39. The van der Waals surface area contributed by atoms with Gasteiger partial charge in [-0.2, -0.15) is 0 Å². The Kier molecular flexibility index (Phi) is 6.42. The number of hydrogen-bond acceptors (Lipinski definition) is 3. The Hall–Kier alpha value is -0.610. The summed E-state index contributed by atoms with van der Waals surface area (Å²) in [7, 11) is 0. The van der Waals surface area contributed by atoms with E-state index in [-0.39, 0.29) is 5.91 Å². The van der Waals surface area contributed by atoms with E-state index in [2.05, 4.69) is 12.3 Å². The van der Waals surface area contributed by atoms with Crippen LogP contribution in [0, 0.1) is 0 Å². The average Bonchev–Trinajstić information content (AvgIpc) is 2.30. The minimum Gasteiger partial charge on any atom is -0.330 e. The SMILES string of the molecule is CCCN(NC1CCCCC1)C(=O)CCN. The third-order valence-electron chi connectivity index (χ3n) is 3.05. The van der Waals surface area contributed by atoms with E-state index in [9.17, 15) is 4.79 Å². The summed E-state index contributed by atoms with van der Waals surface area (Å²) in [6, 6.07) is 0.488. The number of nitrogens with one attached hydrogen (secondary N) is 1. The molecule has 0 bridgehead atoms. The van der Waals surface area contributed by atoms with Crippen LogP contribution in [0.15, 0.2) is 0 Å². The summed E-state index contributed by atoms with van der Waals surface area (Å²) in [4.78, 5) is 11.8. The molecule has 1 rings (SSSR count). The molecule has 3 N–H and O–H groups in total. The number of rotatable bonds is 6. The third-order valence-corrected chi connectivity index (χ3v) is 3.05. The van der Waals surface area contributed by atoms with Crippen LogP contribution in [-0.4, -0.2) is 30.0 Å². The molecule has 0 atom stereocenters. The van der Waals surface area contributed by atoms with Crippen LogP contribution in [0.3, 0.4) is 0 Å². The van der Waals surface area contributed by atoms with Crippen LogP contribution in [0.5, 0.6) is 0 Å². The van der Waals surface area contributed by atoms with E-state index < -0.39 is 0 Å². The van der Waals surface area contributed by atoms with Gasteiger partial charge in [0, 0.05) is 25.6 Å². The number of amides is 1. The van der Waals surface area contributed by atoms with Gasteiger partial charge >= 0.3 is 0 Å². The number of hydrazine groups is 1. The van der Waals surface area contributed by atoms with E-state index in [0.717, 1.165) is 13.0 Å². The molecule has 1 amide bonds. The topological polar surface area (TPSA) is 58.4 Å². The van der Waals surface area contributed by atoms with Crippen LogP contribution in [0.4, 0.5) is 0 Å². The maximum Gasteiger partial charge on any atom is 0.237 e. The molecule has 0 unspecified atom stereocenters. The first-order chi connectivity index (χ1) is 7.77. The highest BCUT2D eigenvalue weighted by Gasteiger charge is 2.18. The smallest absolute Gasteiger partial charge is 0.237 e. The second kappa shape index (κ2) is 7.63. The van der Waals surface area contributed by atoms with Crippen molar-refractivity contribution in [1.82, 2.24) is 10.4 Å². The molecule has 4 nitrogen and oxygen atoms in total. The van der Waals surface area contributed by atoms with Gasteiger partial charge < -0.3 is 5.73 Å². The maximum absolute atomic E-state index is 11.8. The molecule has 0 radical (unpaired) electrons. The zero-order chi connectivity index (χ0) is 11.8. The molecule has 1 fully saturated rings. The number of carbonyl (C=O) groups excluding carboxylic acids is 1. The van der Waals surface area contributed by atoms with Gasteiger partial charge in [-0.25, -0.2) is 5.43 Å². The van der Waals surface area contributed by atoms with Gasteiger partial charge in [-0.15, -0.1) is 0 Å². The van der Waals surface area contributed by atoms with E-state index >= 15 is 0 Å². The summed E-state index contributed by atoms with van der Waals surface area (Å²) in [5.74, 6) is 0.134. The molecule has 0 spiro atoms. The number of hydrogen-bond donors (Lipinski definition) is 2. The van der Waals surface area contributed by atoms with E-state index in [4.69, 9.17) is 5.73 Å². The molecule has 0 aromatic heterocycles. The second-order valence-electron chi connectivity index (χ2n) is 4.55. The molecule has 0 saturated heterocycles. The molecule has 4 heteroatoms. The van der Waals surface area contributed by atoms with Gasteiger partial charge in [-0.3, -0.25) is 9.80 Å². The van der Waals surface area contributed by atoms with E-state index in [1.165, 1.54) is 32.1 Å². The zero-order valence-electron chi connectivity index (χ0n) is 10.4. The molecule has 0 heterocycles. The Morgan fingerprint density at radius 2 is 2.06 bits per heavy atom. The van der Waals surface area contributed by atoms with Crippen molar-refractivity contribution in [3.63, 3.8) is 0 Å². The summed E-state index contributed by atoms with van der Waals surface area (Å²) in [5, 5.41) is 1.78. The van der Waals surface area contributed by atoms with Crippen LogP contribution in [0.2, 0.25) is 0 Å². The first-order valence-corrected chi connectivity index (χ1v) is 6.54. The normalized spacial score (nSPS) is 17.4. The lowest BCUT2D eigenvalue weighted by atomic mass is 9.96. The largest absolute Gasteiger partial charge is 0.330 e. The summed E-state index contributed by atoms with van der Waals surface area (Å²) in [5.41, 5.74) is 8.79. The molecule has 1 aliphatic carbocycles.